The number of nitrogens with zero attached hydrogens (tertiary/aromatic N) is 2. The third-order valence-corrected chi connectivity index (χ3v) is 10.5. The Labute approximate surface area is 282 Å². The molecule has 5 rings (SSSR count). The lowest BCUT2D eigenvalue weighted by Crippen LogP contribution is -2.54. The van der Waals surface area contributed by atoms with Gasteiger partial charge in [-0.25, -0.2) is 8.42 Å². The number of amides is 2. The Balaban J connectivity index is 1.57. The molecule has 47 heavy (non-hydrogen) atoms. The van der Waals surface area contributed by atoms with Gasteiger partial charge in [0.1, 0.15) is 18.3 Å². The third kappa shape index (κ3) is 8.73. The number of benzene rings is 4. The third-order valence-electron chi connectivity index (χ3n) is 8.47. The molecule has 246 valence electrons. The number of aryl methyl sites for hydroxylation is 1. The quantitative estimate of drug-likeness (QED) is 0.174. The molecule has 0 heterocycles. The molecule has 1 fully saturated rings. The van der Waals surface area contributed by atoms with Crippen LogP contribution in [0.15, 0.2) is 108 Å². The zero-order chi connectivity index (χ0) is 33.4. The summed E-state index contributed by atoms with van der Waals surface area (Å²) in [6, 6.07) is 28.8. The first-order valence-electron chi connectivity index (χ1n) is 15.8. The summed E-state index contributed by atoms with van der Waals surface area (Å²) < 4.78 is 35.0. The lowest BCUT2D eigenvalue weighted by atomic mass is 10.0. The summed E-state index contributed by atoms with van der Waals surface area (Å²) in [7, 11) is -2.72. The predicted octanol–water partition coefficient (Wildman–Crippen LogP) is 6.55. The molecule has 1 N–H and O–H groups in total. The molecular weight excluding hydrogens is 634 g/mol. The lowest BCUT2D eigenvalue weighted by molar-refractivity contribution is -0.140. The first-order chi connectivity index (χ1) is 22.6. The number of rotatable bonds is 13. The fourth-order valence-electron chi connectivity index (χ4n) is 5.84. The molecule has 0 saturated heterocycles. The Hall–Kier alpha value is -4.34. The summed E-state index contributed by atoms with van der Waals surface area (Å²) in [6.07, 6.45) is 4.09. The van der Waals surface area contributed by atoms with Crippen molar-refractivity contribution < 1.29 is 22.7 Å². The summed E-state index contributed by atoms with van der Waals surface area (Å²) in [6.45, 7) is 1.40. The molecule has 10 heteroatoms. The summed E-state index contributed by atoms with van der Waals surface area (Å²) in [5.74, 6) is -0.353. The van der Waals surface area contributed by atoms with Crippen LogP contribution in [0.5, 0.6) is 5.75 Å². The number of hydrogen-bond acceptors (Lipinski definition) is 5. The number of anilines is 1. The zero-order valence-electron chi connectivity index (χ0n) is 26.6. The number of carbonyl (C=O) groups is 2. The van der Waals surface area contributed by atoms with Crippen molar-refractivity contribution in [3.8, 4) is 5.75 Å². The molecule has 1 aliphatic rings. The van der Waals surface area contributed by atoms with Crippen molar-refractivity contribution in [1.29, 1.82) is 0 Å². The maximum Gasteiger partial charge on any atom is 0.264 e. The fraction of sp³-hybridized carbons (Fsp3) is 0.297. The van der Waals surface area contributed by atoms with Crippen LogP contribution in [0.4, 0.5) is 5.69 Å². The molecule has 1 saturated carbocycles. The Bertz CT molecular complexity index is 1760. The first kappa shape index (κ1) is 34.0. The van der Waals surface area contributed by atoms with E-state index < -0.39 is 28.5 Å². The van der Waals surface area contributed by atoms with E-state index in [1.54, 1.807) is 60.7 Å². The molecule has 0 unspecified atom stereocenters. The van der Waals surface area contributed by atoms with Gasteiger partial charge in [0.15, 0.2) is 0 Å². The van der Waals surface area contributed by atoms with Gasteiger partial charge in [0.25, 0.3) is 10.0 Å². The standard InChI is InChI=1S/C37H40ClN3O5S/c1-27-15-21-34(22-16-27)47(44,45)41(32-13-8-14-33(24-32)46-2)26-36(42)40(25-29-17-19-30(38)20-18-29)35(23-28-9-4-3-5-10-28)37(43)39-31-11-6-7-12-31/h3-5,8-10,13-22,24,31,35H,6-7,11-12,23,25-26H2,1-2H3,(H,39,43)/t35-/m0/s1. The molecule has 2 amide bonds. The van der Waals surface area contributed by atoms with E-state index in [9.17, 15) is 18.0 Å². The molecule has 4 aromatic rings. The molecule has 0 aliphatic heterocycles. The van der Waals surface area contributed by atoms with Crippen LogP contribution in [-0.2, 0) is 32.6 Å². The molecule has 4 aromatic carbocycles. The average Bonchev–Trinajstić information content (AvgIpc) is 3.59. The smallest absolute Gasteiger partial charge is 0.264 e. The van der Waals surface area contributed by atoms with E-state index in [1.807, 2.05) is 37.3 Å². The monoisotopic (exact) mass is 673 g/mol. The van der Waals surface area contributed by atoms with Crippen molar-refractivity contribution in [2.75, 3.05) is 18.0 Å². The molecule has 1 atom stereocenters. The number of carbonyl (C=O) groups excluding carboxylic acids is 2. The Morgan fingerprint density at radius 1 is 0.894 bits per heavy atom. The second kappa shape index (κ2) is 15.5. The highest BCUT2D eigenvalue weighted by molar-refractivity contribution is 7.92. The van der Waals surface area contributed by atoms with Crippen LogP contribution in [0.2, 0.25) is 5.02 Å². The normalized spacial score (nSPS) is 13.9. The van der Waals surface area contributed by atoms with Gasteiger partial charge < -0.3 is 15.0 Å². The maximum atomic E-state index is 14.6. The van der Waals surface area contributed by atoms with Crippen LogP contribution in [0.1, 0.15) is 42.4 Å². The minimum Gasteiger partial charge on any atom is -0.497 e. The van der Waals surface area contributed by atoms with E-state index in [0.29, 0.717) is 10.8 Å². The Morgan fingerprint density at radius 2 is 1.57 bits per heavy atom. The molecule has 8 nitrogen and oxygen atoms in total. The van der Waals surface area contributed by atoms with Crippen molar-refractivity contribution in [1.82, 2.24) is 10.2 Å². The van der Waals surface area contributed by atoms with Gasteiger partial charge in [0, 0.05) is 30.1 Å². The number of hydrogen-bond donors (Lipinski definition) is 1. The summed E-state index contributed by atoms with van der Waals surface area (Å²) in [4.78, 5) is 30.3. The SMILES string of the molecule is COc1cccc(N(CC(=O)N(Cc2ccc(Cl)cc2)[C@@H](Cc2ccccc2)C(=O)NC2CCCC2)S(=O)(=O)c2ccc(C)cc2)c1. The zero-order valence-corrected chi connectivity index (χ0v) is 28.2. The predicted molar refractivity (Wildman–Crippen MR) is 185 cm³/mol. The highest BCUT2D eigenvalue weighted by Crippen LogP contribution is 2.28. The molecule has 0 aromatic heterocycles. The minimum absolute atomic E-state index is 0.0310. The van der Waals surface area contributed by atoms with E-state index in [2.05, 4.69) is 5.32 Å². The topological polar surface area (TPSA) is 96.0 Å². The van der Waals surface area contributed by atoms with Crippen molar-refractivity contribution >= 4 is 39.1 Å². The summed E-state index contributed by atoms with van der Waals surface area (Å²) in [5, 5.41) is 3.73. The number of ether oxygens (including phenoxy) is 1. The van der Waals surface area contributed by atoms with E-state index >= 15 is 0 Å². The largest absolute Gasteiger partial charge is 0.497 e. The van der Waals surface area contributed by atoms with Gasteiger partial charge in [-0.05, 0) is 67.3 Å². The fourth-order valence-corrected chi connectivity index (χ4v) is 7.37. The molecular formula is C37H40ClN3O5S. The average molecular weight is 674 g/mol. The number of nitrogens with one attached hydrogen (secondary N) is 1. The van der Waals surface area contributed by atoms with Crippen LogP contribution < -0.4 is 14.4 Å². The first-order valence-corrected chi connectivity index (χ1v) is 17.6. The van der Waals surface area contributed by atoms with Gasteiger partial charge in [-0.1, -0.05) is 90.7 Å². The molecule has 0 bridgehead atoms. The Morgan fingerprint density at radius 3 is 2.23 bits per heavy atom. The van der Waals surface area contributed by atoms with Crippen LogP contribution >= 0.6 is 11.6 Å². The van der Waals surface area contributed by atoms with Gasteiger partial charge in [-0.2, -0.15) is 0 Å². The minimum atomic E-state index is -4.21. The van der Waals surface area contributed by atoms with E-state index in [4.69, 9.17) is 16.3 Å². The Kier molecular flexibility index (Phi) is 11.2. The lowest BCUT2D eigenvalue weighted by Gasteiger charge is -2.34. The van der Waals surface area contributed by atoms with E-state index in [0.717, 1.165) is 46.7 Å². The van der Waals surface area contributed by atoms with Gasteiger partial charge in [0.05, 0.1) is 17.7 Å². The second-order valence-corrected chi connectivity index (χ2v) is 14.2. The van der Waals surface area contributed by atoms with Gasteiger partial charge in [-0.3, -0.25) is 13.9 Å². The van der Waals surface area contributed by atoms with Crippen molar-refractivity contribution in [3.05, 3.63) is 125 Å². The van der Waals surface area contributed by atoms with Crippen molar-refractivity contribution in [2.45, 2.75) is 62.6 Å². The summed E-state index contributed by atoms with van der Waals surface area (Å²) in [5.41, 5.74) is 2.80. The highest BCUT2D eigenvalue weighted by atomic mass is 35.5. The van der Waals surface area contributed by atoms with Crippen LogP contribution in [0.3, 0.4) is 0 Å². The van der Waals surface area contributed by atoms with Crippen LogP contribution in [0.25, 0.3) is 0 Å². The molecule has 1 aliphatic carbocycles. The van der Waals surface area contributed by atoms with Gasteiger partial charge in [-0.15, -0.1) is 0 Å². The van der Waals surface area contributed by atoms with Crippen LogP contribution in [-0.4, -0.2) is 50.9 Å². The number of methoxy groups -OCH3 is 1. The number of halogens is 1. The molecule has 0 spiro atoms. The van der Waals surface area contributed by atoms with Gasteiger partial charge in [0.2, 0.25) is 11.8 Å². The summed E-state index contributed by atoms with van der Waals surface area (Å²) >= 11 is 6.18. The molecule has 0 radical (unpaired) electrons. The van der Waals surface area contributed by atoms with Gasteiger partial charge >= 0.3 is 0 Å². The van der Waals surface area contributed by atoms with E-state index in [1.165, 1.54) is 24.1 Å². The van der Waals surface area contributed by atoms with Crippen LogP contribution in [0, 0.1) is 6.92 Å². The maximum absolute atomic E-state index is 14.6. The van der Waals surface area contributed by atoms with E-state index in [-0.39, 0.29) is 35.5 Å². The highest BCUT2D eigenvalue weighted by Gasteiger charge is 2.35. The van der Waals surface area contributed by atoms with Crippen molar-refractivity contribution in [3.63, 3.8) is 0 Å². The second-order valence-electron chi connectivity index (χ2n) is 11.9. The number of sulfonamides is 1. The van der Waals surface area contributed by atoms with Crippen molar-refractivity contribution in [2.24, 2.45) is 0 Å².